The number of alkyl halides is 2. The molecule has 1 amide bonds. The molecule has 0 aromatic heterocycles. The molecule has 1 aliphatic heterocycles. The molecule has 2 atom stereocenters. The maximum absolute atomic E-state index is 11.8. The minimum absolute atomic E-state index is 0.136. The highest BCUT2D eigenvalue weighted by Gasteiger charge is 2.23. The first-order chi connectivity index (χ1) is 7.09. The summed E-state index contributed by atoms with van der Waals surface area (Å²) in [5, 5.41) is 5.46. The van der Waals surface area contributed by atoms with Crippen LogP contribution in [0.25, 0.3) is 0 Å². The molecule has 0 radical (unpaired) electrons. The highest BCUT2D eigenvalue weighted by atomic mass is 19.3. The van der Waals surface area contributed by atoms with Crippen LogP contribution in [0.4, 0.5) is 8.78 Å². The van der Waals surface area contributed by atoms with Gasteiger partial charge >= 0.3 is 0 Å². The standard InChI is InChI=1S/C10H18F2N2O/c1-7-3-2-4-13-8(7)5-10(15)14-6-9(11)12/h7-9,13H,2-6H2,1H3,(H,14,15). The van der Waals surface area contributed by atoms with Gasteiger partial charge in [-0.3, -0.25) is 4.79 Å². The lowest BCUT2D eigenvalue weighted by Gasteiger charge is -2.29. The summed E-state index contributed by atoms with van der Waals surface area (Å²) in [7, 11) is 0. The first kappa shape index (κ1) is 12.4. The fourth-order valence-electron chi connectivity index (χ4n) is 1.85. The highest BCUT2D eigenvalue weighted by Crippen LogP contribution is 2.17. The van der Waals surface area contributed by atoms with E-state index in [4.69, 9.17) is 0 Å². The van der Waals surface area contributed by atoms with Crippen molar-refractivity contribution in [3.63, 3.8) is 0 Å². The largest absolute Gasteiger partial charge is 0.350 e. The van der Waals surface area contributed by atoms with Gasteiger partial charge < -0.3 is 10.6 Å². The Morgan fingerprint density at radius 3 is 2.93 bits per heavy atom. The molecule has 0 aromatic carbocycles. The van der Waals surface area contributed by atoms with Gasteiger partial charge in [0, 0.05) is 12.5 Å². The lowest BCUT2D eigenvalue weighted by Crippen LogP contribution is -2.44. The fraction of sp³-hybridized carbons (Fsp3) is 0.900. The molecule has 0 spiro atoms. The molecule has 0 aliphatic carbocycles. The van der Waals surface area contributed by atoms with Crippen LogP contribution < -0.4 is 10.6 Å². The summed E-state index contributed by atoms with van der Waals surface area (Å²) < 4.78 is 23.6. The van der Waals surface area contributed by atoms with Crippen molar-refractivity contribution in [1.29, 1.82) is 0 Å². The molecule has 1 saturated heterocycles. The second kappa shape index (κ2) is 6.00. The number of carbonyl (C=O) groups excluding carboxylic acids is 1. The van der Waals surface area contributed by atoms with Crippen LogP contribution in [0.3, 0.4) is 0 Å². The van der Waals surface area contributed by atoms with Gasteiger partial charge in [0.1, 0.15) is 0 Å². The van der Waals surface area contributed by atoms with Crippen molar-refractivity contribution in [3.8, 4) is 0 Å². The number of hydrogen-bond donors (Lipinski definition) is 2. The summed E-state index contributed by atoms with van der Waals surface area (Å²) in [6.07, 6.45) is 0.0509. The Morgan fingerprint density at radius 2 is 2.33 bits per heavy atom. The van der Waals surface area contributed by atoms with Crippen LogP contribution in [0, 0.1) is 5.92 Å². The predicted molar refractivity (Wildman–Crippen MR) is 53.8 cm³/mol. The van der Waals surface area contributed by atoms with Crippen LogP contribution in [0.2, 0.25) is 0 Å². The van der Waals surface area contributed by atoms with Crippen molar-refractivity contribution < 1.29 is 13.6 Å². The van der Waals surface area contributed by atoms with Gasteiger partial charge in [-0.15, -0.1) is 0 Å². The molecule has 88 valence electrons. The van der Waals surface area contributed by atoms with Crippen LogP contribution in [-0.4, -0.2) is 31.5 Å². The van der Waals surface area contributed by atoms with E-state index in [1.807, 2.05) is 0 Å². The normalized spacial score (nSPS) is 26.7. The van der Waals surface area contributed by atoms with Gasteiger partial charge in [-0.2, -0.15) is 0 Å². The van der Waals surface area contributed by atoms with Crippen molar-refractivity contribution >= 4 is 5.91 Å². The lowest BCUT2D eigenvalue weighted by molar-refractivity contribution is -0.122. The molecule has 2 unspecified atom stereocenters. The molecular weight excluding hydrogens is 202 g/mol. The summed E-state index contributed by atoms with van der Waals surface area (Å²) in [5.74, 6) is 0.151. The minimum Gasteiger partial charge on any atom is -0.350 e. The van der Waals surface area contributed by atoms with Gasteiger partial charge in [-0.1, -0.05) is 6.92 Å². The SMILES string of the molecule is CC1CCCNC1CC(=O)NCC(F)F. The predicted octanol–water partition coefficient (Wildman–Crippen LogP) is 1.15. The maximum atomic E-state index is 11.8. The van der Waals surface area contributed by atoms with E-state index in [9.17, 15) is 13.6 Å². The number of hydrogen-bond acceptors (Lipinski definition) is 2. The Bertz CT molecular complexity index is 212. The lowest BCUT2D eigenvalue weighted by atomic mass is 9.90. The molecule has 0 bridgehead atoms. The molecule has 1 heterocycles. The smallest absolute Gasteiger partial charge is 0.255 e. The van der Waals surface area contributed by atoms with Gasteiger partial charge in [0.2, 0.25) is 5.91 Å². The van der Waals surface area contributed by atoms with Crippen molar-refractivity contribution in [2.75, 3.05) is 13.1 Å². The second-order valence-electron chi connectivity index (χ2n) is 4.08. The van der Waals surface area contributed by atoms with Gasteiger partial charge in [-0.05, 0) is 25.3 Å². The van der Waals surface area contributed by atoms with E-state index in [0.717, 1.165) is 19.4 Å². The van der Waals surface area contributed by atoms with E-state index < -0.39 is 13.0 Å². The number of rotatable bonds is 4. The van der Waals surface area contributed by atoms with Gasteiger partial charge in [0.05, 0.1) is 6.54 Å². The molecule has 0 saturated carbocycles. The minimum atomic E-state index is -2.47. The van der Waals surface area contributed by atoms with Crippen molar-refractivity contribution in [1.82, 2.24) is 10.6 Å². The van der Waals surface area contributed by atoms with Gasteiger partial charge in [-0.25, -0.2) is 8.78 Å². The van der Waals surface area contributed by atoms with E-state index in [1.165, 1.54) is 0 Å². The first-order valence-electron chi connectivity index (χ1n) is 5.38. The zero-order valence-corrected chi connectivity index (χ0v) is 8.93. The van der Waals surface area contributed by atoms with Gasteiger partial charge in [0.15, 0.2) is 0 Å². The summed E-state index contributed by atoms with van der Waals surface area (Å²) in [4.78, 5) is 11.3. The van der Waals surface area contributed by atoms with Crippen LogP contribution in [0.15, 0.2) is 0 Å². The Morgan fingerprint density at radius 1 is 1.60 bits per heavy atom. The number of halogens is 2. The third-order valence-electron chi connectivity index (χ3n) is 2.79. The molecule has 15 heavy (non-hydrogen) atoms. The van der Waals surface area contributed by atoms with Crippen LogP contribution in [0.5, 0.6) is 0 Å². The number of piperidine rings is 1. The highest BCUT2D eigenvalue weighted by molar-refractivity contribution is 5.76. The Balaban J connectivity index is 2.24. The third-order valence-corrected chi connectivity index (χ3v) is 2.79. The van der Waals surface area contributed by atoms with E-state index in [0.29, 0.717) is 12.3 Å². The zero-order valence-electron chi connectivity index (χ0n) is 8.93. The number of amides is 1. The molecule has 2 N–H and O–H groups in total. The zero-order chi connectivity index (χ0) is 11.3. The second-order valence-corrected chi connectivity index (χ2v) is 4.08. The van der Waals surface area contributed by atoms with E-state index in [-0.39, 0.29) is 11.9 Å². The Kier molecular flexibility index (Phi) is 4.94. The fourth-order valence-corrected chi connectivity index (χ4v) is 1.85. The molecule has 5 heteroatoms. The number of nitrogens with one attached hydrogen (secondary N) is 2. The Hall–Kier alpha value is -0.710. The molecule has 0 aromatic rings. The maximum Gasteiger partial charge on any atom is 0.255 e. The molecule has 1 rings (SSSR count). The van der Waals surface area contributed by atoms with Crippen LogP contribution >= 0.6 is 0 Å². The van der Waals surface area contributed by atoms with Crippen LogP contribution in [0.1, 0.15) is 26.2 Å². The summed E-state index contributed by atoms with van der Waals surface area (Å²) in [6, 6.07) is 0.136. The van der Waals surface area contributed by atoms with Gasteiger partial charge in [0.25, 0.3) is 6.43 Å². The molecule has 1 aliphatic rings. The van der Waals surface area contributed by atoms with Crippen molar-refractivity contribution in [2.24, 2.45) is 5.92 Å². The average molecular weight is 220 g/mol. The summed E-state index contributed by atoms with van der Waals surface area (Å²) in [6.45, 7) is 2.45. The monoisotopic (exact) mass is 220 g/mol. The molecule has 3 nitrogen and oxygen atoms in total. The number of carbonyl (C=O) groups is 1. The van der Waals surface area contributed by atoms with E-state index in [2.05, 4.69) is 17.6 Å². The summed E-state index contributed by atoms with van der Waals surface area (Å²) in [5.41, 5.74) is 0. The van der Waals surface area contributed by atoms with Crippen molar-refractivity contribution in [2.45, 2.75) is 38.7 Å². The molecular formula is C10H18F2N2O. The Labute approximate surface area is 88.6 Å². The topological polar surface area (TPSA) is 41.1 Å². The van der Waals surface area contributed by atoms with E-state index >= 15 is 0 Å². The first-order valence-corrected chi connectivity index (χ1v) is 5.38. The summed E-state index contributed by atoms with van der Waals surface area (Å²) >= 11 is 0. The quantitative estimate of drug-likeness (QED) is 0.746. The molecule has 1 fully saturated rings. The van der Waals surface area contributed by atoms with E-state index in [1.54, 1.807) is 0 Å². The third kappa shape index (κ3) is 4.55. The average Bonchev–Trinajstić information content (AvgIpc) is 2.18. The van der Waals surface area contributed by atoms with Crippen LogP contribution in [-0.2, 0) is 4.79 Å². The van der Waals surface area contributed by atoms with Crippen molar-refractivity contribution in [3.05, 3.63) is 0 Å².